The van der Waals surface area contributed by atoms with E-state index in [0.29, 0.717) is 0 Å². The van der Waals surface area contributed by atoms with Crippen LogP contribution in [0.3, 0.4) is 0 Å². The minimum Gasteiger partial charge on any atom is -0.396 e. The van der Waals surface area contributed by atoms with Crippen LogP contribution in [0.25, 0.3) is 10.1 Å². The van der Waals surface area contributed by atoms with E-state index in [1.165, 1.54) is 0 Å². The normalized spacial score (nSPS) is 15.2. The van der Waals surface area contributed by atoms with Crippen LogP contribution in [0.2, 0.25) is 0 Å². The molecule has 86 valence electrons. The number of hydrogen-bond acceptors (Lipinski definition) is 4. The van der Waals surface area contributed by atoms with Gasteiger partial charge in [0.25, 0.3) is 0 Å². The lowest BCUT2D eigenvalue weighted by Gasteiger charge is -2.18. The molecular weight excluding hydrogens is 224 g/mol. The molecule has 0 aliphatic heterocycles. The zero-order valence-electron chi connectivity index (χ0n) is 8.71. The van der Waals surface area contributed by atoms with Gasteiger partial charge in [-0.1, -0.05) is 12.1 Å². The zero-order valence-corrected chi connectivity index (χ0v) is 9.52. The first kappa shape index (κ1) is 11.5. The van der Waals surface area contributed by atoms with E-state index in [2.05, 4.69) is 0 Å². The van der Waals surface area contributed by atoms with Crippen LogP contribution in [0, 0.1) is 0 Å². The van der Waals surface area contributed by atoms with E-state index in [9.17, 15) is 10.2 Å². The first-order valence-electron chi connectivity index (χ1n) is 5.17. The summed E-state index contributed by atoms with van der Waals surface area (Å²) in [6, 6.07) is 7.59. The number of thiophene rings is 1. The topological polar surface area (TPSA) is 60.7 Å². The van der Waals surface area contributed by atoms with E-state index in [-0.39, 0.29) is 13.0 Å². The average Bonchev–Trinajstić information content (AvgIpc) is 2.76. The second kappa shape index (κ2) is 4.93. The predicted octanol–water partition coefficient (Wildman–Crippen LogP) is 1.68. The molecule has 0 amide bonds. The van der Waals surface area contributed by atoms with Crippen molar-refractivity contribution in [2.75, 3.05) is 6.61 Å². The fraction of sp³-hybridized carbons (Fsp3) is 0.333. The quantitative estimate of drug-likeness (QED) is 0.759. The molecule has 0 radical (unpaired) electrons. The zero-order chi connectivity index (χ0) is 11.5. The van der Waals surface area contributed by atoms with Gasteiger partial charge in [-0.25, -0.2) is 0 Å². The van der Waals surface area contributed by atoms with Gasteiger partial charge >= 0.3 is 0 Å². The highest BCUT2D eigenvalue weighted by Gasteiger charge is 2.19. The number of aliphatic hydroxyl groups excluding tert-OH is 3. The van der Waals surface area contributed by atoms with Crippen molar-refractivity contribution in [3.8, 4) is 0 Å². The summed E-state index contributed by atoms with van der Waals surface area (Å²) < 4.78 is 1.09. The van der Waals surface area contributed by atoms with Crippen molar-refractivity contribution in [1.82, 2.24) is 0 Å². The van der Waals surface area contributed by atoms with Gasteiger partial charge in [0.15, 0.2) is 0 Å². The van der Waals surface area contributed by atoms with E-state index in [1.807, 2.05) is 23.6 Å². The fourth-order valence-electron chi connectivity index (χ4n) is 1.77. The molecule has 1 heterocycles. The third kappa shape index (κ3) is 2.10. The molecule has 4 heteroatoms. The molecule has 2 atom stereocenters. The number of aliphatic hydroxyl groups is 3. The lowest BCUT2D eigenvalue weighted by atomic mass is 9.99. The highest BCUT2D eigenvalue weighted by atomic mass is 32.1. The van der Waals surface area contributed by atoms with E-state index in [4.69, 9.17) is 5.11 Å². The monoisotopic (exact) mass is 238 g/mol. The molecule has 0 saturated carbocycles. The van der Waals surface area contributed by atoms with Crippen LogP contribution in [-0.4, -0.2) is 28.0 Å². The van der Waals surface area contributed by atoms with Gasteiger partial charge in [0, 0.05) is 11.3 Å². The van der Waals surface area contributed by atoms with Crippen LogP contribution in [0.4, 0.5) is 0 Å². The number of fused-ring (bicyclic) bond motifs is 1. The number of rotatable bonds is 4. The van der Waals surface area contributed by atoms with Crippen molar-refractivity contribution in [2.45, 2.75) is 18.6 Å². The Balaban J connectivity index is 2.35. The van der Waals surface area contributed by atoms with Gasteiger partial charge in [-0.05, 0) is 34.9 Å². The van der Waals surface area contributed by atoms with Crippen LogP contribution in [-0.2, 0) is 0 Å². The van der Waals surface area contributed by atoms with Crippen molar-refractivity contribution in [1.29, 1.82) is 0 Å². The van der Waals surface area contributed by atoms with Gasteiger partial charge in [0.05, 0.1) is 6.10 Å². The molecule has 16 heavy (non-hydrogen) atoms. The maximum absolute atomic E-state index is 9.98. The minimum atomic E-state index is -0.939. The van der Waals surface area contributed by atoms with Crippen molar-refractivity contribution in [2.24, 2.45) is 0 Å². The fourth-order valence-corrected chi connectivity index (χ4v) is 2.59. The Labute approximate surface area is 97.6 Å². The van der Waals surface area contributed by atoms with Crippen molar-refractivity contribution >= 4 is 21.4 Å². The molecule has 0 spiro atoms. The maximum atomic E-state index is 9.98. The standard InChI is InChI=1S/C12H14O3S/c13-6-4-10(14)12(15)9-2-1-3-11-8(9)5-7-16-11/h1-3,5,7,10,12-15H,4,6H2. The van der Waals surface area contributed by atoms with Crippen LogP contribution >= 0.6 is 11.3 Å². The van der Waals surface area contributed by atoms with Gasteiger partial charge < -0.3 is 15.3 Å². The van der Waals surface area contributed by atoms with Crippen LogP contribution < -0.4 is 0 Å². The summed E-state index contributed by atoms with van der Waals surface area (Å²) in [6.07, 6.45) is -1.68. The first-order chi connectivity index (χ1) is 7.74. The summed E-state index contributed by atoms with van der Waals surface area (Å²) in [4.78, 5) is 0. The highest BCUT2D eigenvalue weighted by molar-refractivity contribution is 7.17. The lowest BCUT2D eigenvalue weighted by molar-refractivity contribution is 0.00501. The number of hydrogen-bond donors (Lipinski definition) is 3. The lowest BCUT2D eigenvalue weighted by Crippen LogP contribution is -2.19. The minimum absolute atomic E-state index is 0.127. The highest BCUT2D eigenvalue weighted by Crippen LogP contribution is 2.30. The van der Waals surface area contributed by atoms with E-state index < -0.39 is 12.2 Å². The summed E-state index contributed by atoms with van der Waals surface area (Å²) in [6.45, 7) is -0.127. The molecule has 0 aliphatic carbocycles. The summed E-state index contributed by atoms with van der Waals surface area (Å²) in [5.74, 6) is 0. The Bertz CT molecular complexity index is 466. The molecule has 0 aliphatic rings. The van der Waals surface area contributed by atoms with Crippen LogP contribution in [0.15, 0.2) is 29.6 Å². The SMILES string of the molecule is OCCC(O)C(O)c1cccc2sccc12. The van der Waals surface area contributed by atoms with Crippen LogP contribution in [0.1, 0.15) is 18.1 Å². The smallest absolute Gasteiger partial charge is 0.106 e. The average molecular weight is 238 g/mol. The Kier molecular flexibility index (Phi) is 3.56. The molecule has 0 saturated heterocycles. The van der Waals surface area contributed by atoms with E-state index in [1.54, 1.807) is 17.4 Å². The van der Waals surface area contributed by atoms with Crippen LogP contribution in [0.5, 0.6) is 0 Å². The maximum Gasteiger partial charge on any atom is 0.106 e. The summed E-state index contributed by atoms with van der Waals surface area (Å²) >= 11 is 1.60. The van der Waals surface area contributed by atoms with E-state index in [0.717, 1.165) is 15.6 Å². The number of benzene rings is 1. The molecule has 2 unspecified atom stereocenters. The first-order valence-corrected chi connectivity index (χ1v) is 6.05. The molecule has 0 fully saturated rings. The molecule has 3 nitrogen and oxygen atoms in total. The Morgan fingerprint density at radius 2 is 2.00 bits per heavy atom. The van der Waals surface area contributed by atoms with Crippen molar-refractivity contribution < 1.29 is 15.3 Å². The van der Waals surface area contributed by atoms with Gasteiger partial charge in [-0.3, -0.25) is 0 Å². The van der Waals surface area contributed by atoms with E-state index >= 15 is 0 Å². The Morgan fingerprint density at radius 1 is 1.19 bits per heavy atom. The Hall–Kier alpha value is -0.940. The van der Waals surface area contributed by atoms with Gasteiger partial charge in [-0.15, -0.1) is 11.3 Å². The molecule has 3 N–H and O–H groups in total. The largest absolute Gasteiger partial charge is 0.396 e. The summed E-state index contributed by atoms with van der Waals surface area (Å²) in [7, 11) is 0. The second-order valence-electron chi connectivity index (χ2n) is 3.70. The third-order valence-corrected chi connectivity index (χ3v) is 3.52. The molecule has 2 rings (SSSR count). The molecule has 1 aromatic carbocycles. The molecule has 1 aromatic heterocycles. The molecule has 0 bridgehead atoms. The van der Waals surface area contributed by atoms with Crippen molar-refractivity contribution in [3.63, 3.8) is 0 Å². The third-order valence-electron chi connectivity index (χ3n) is 2.64. The van der Waals surface area contributed by atoms with Crippen molar-refractivity contribution in [3.05, 3.63) is 35.2 Å². The van der Waals surface area contributed by atoms with Gasteiger partial charge in [0.2, 0.25) is 0 Å². The van der Waals surface area contributed by atoms with Gasteiger partial charge in [-0.2, -0.15) is 0 Å². The summed E-state index contributed by atoms with van der Waals surface area (Å²) in [5.41, 5.74) is 0.722. The van der Waals surface area contributed by atoms with Gasteiger partial charge in [0.1, 0.15) is 6.10 Å². The predicted molar refractivity (Wildman–Crippen MR) is 64.5 cm³/mol. The molecule has 2 aromatic rings. The second-order valence-corrected chi connectivity index (χ2v) is 4.65. The Morgan fingerprint density at radius 3 is 2.75 bits per heavy atom. The molecular formula is C12H14O3S. The summed E-state index contributed by atoms with van der Waals surface area (Å²) in [5, 5.41) is 31.3.